The third-order valence-corrected chi connectivity index (χ3v) is 5.98. The Bertz CT molecular complexity index is 1160. The molecule has 1 amide bonds. The number of amides is 1. The number of thiophene rings is 1. The number of benzene rings is 1. The quantitative estimate of drug-likeness (QED) is 0.525. The van der Waals surface area contributed by atoms with E-state index >= 15 is 0 Å². The molecule has 146 valence electrons. The number of hydrogen-bond donors (Lipinski definition) is 0. The molecule has 0 atom stereocenters. The fourth-order valence-corrected chi connectivity index (χ4v) is 4.30. The molecule has 5 rings (SSSR count). The Morgan fingerprint density at radius 2 is 1.93 bits per heavy atom. The van der Waals surface area contributed by atoms with E-state index in [9.17, 15) is 4.79 Å². The molecule has 0 saturated carbocycles. The van der Waals surface area contributed by atoms with Crippen LogP contribution in [0.3, 0.4) is 0 Å². The molecule has 0 radical (unpaired) electrons. The predicted molar refractivity (Wildman–Crippen MR) is 113 cm³/mol. The molecule has 1 aromatic carbocycles. The number of carbonyl (C=O) groups is 1. The Labute approximate surface area is 172 Å². The van der Waals surface area contributed by atoms with Crippen molar-refractivity contribution in [2.45, 2.75) is 6.92 Å². The summed E-state index contributed by atoms with van der Waals surface area (Å²) in [5, 5.41) is 6.66. The molecule has 29 heavy (non-hydrogen) atoms. The average Bonchev–Trinajstić information content (AvgIpc) is 3.43. The number of carbonyl (C=O) groups excluding carboxylic acids is 1. The average molecular weight is 404 g/mol. The molecular weight excluding hydrogens is 384 g/mol. The van der Waals surface area contributed by atoms with Crippen molar-refractivity contribution in [3.63, 3.8) is 0 Å². The van der Waals surface area contributed by atoms with E-state index in [1.807, 2.05) is 34.5 Å². The van der Waals surface area contributed by atoms with Crippen LogP contribution in [0.2, 0.25) is 0 Å². The lowest BCUT2D eigenvalue weighted by molar-refractivity contribution is 0.0751. The standard InChI is InChI=1S/C21H20N6OS/c1-15-4-2-5-16(14-15)17-7-8-22-20-23-21(24-27(17)20)26-11-9-25(10-12-26)19(28)18-6-3-13-29-18/h2-8,13-14H,9-12H2,1H3. The second kappa shape index (κ2) is 7.29. The minimum atomic E-state index is 0.103. The fraction of sp³-hybridized carbons (Fsp3) is 0.238. The van der Waals surface area contributed by atoms with E-state index < -0.39 is 0 Å². The summed E-state index contributed by atoms with van der Waals surface area (Å²) in [6, 6.07) is 14.1. The largest absolute Gasteiger partial charge is 0.336 e. The maximum Gasteiger partial charge on any atom is 0.264 e. The van der Waals surface area contributed by atoms with Crippen molar-refractivity contribution in [3.8, 4) is 11.3 Å². The van der Waals surface area contributed by atoms with E-state index in [0.29, 0.717) is 37.9 Å². The van der Waals surface area contributed by atoms with E-state index in [1.54, 1.807) is 10.7 Å². The van der Waals surface area contributed by atoms with Gasteiger partial charge in [-0.05, 0) is 30.5 Å². The van der Waals surface area contributed by atoms with Crippen LogP contribution in [0.15, 0.2) is 54.0 Å². The van der Waals surface area contributed by atoms with Crippen LogP contribution in [0.5, 0.6) is 0 Å². The molecule has 4 aromatic rings. The van der Waals surface area contributed by atoms with Crippen LogP contribution in [0.4, 0.5) is 5.95 Å². The summed E-state index contributed by atoms with van der Waals surface area (Å²) >= 11 is 1.48. The van der Waals surface area contributed by atoms with Gasteiger partial charge in [0.2, 0.25) is 5.95 Å². The normalized spacial score (nSPS) is 14.5. The van der Waals surface area contributed by atoms with Gasteiger partial charge in [-0.1, -0.05) is 29.8 Å². The van der Waals surface area contributed by atoms with Gasteiger partial charge in [-0.2, -0.15) is 9.50 Å². The van der Waals surface area contributed by atoms with Crippen molar-refractivity contribution in [3.05, 3.63) is 64.5 Å². The topological polar surface area (TPSA) is 66.6 Å². The van der Waals surface area contributed by atoms with Crippen molar-refractivity contribution < 1.29 is 4.79 Å². The minimum absolute atomic E-state index is 0.103. The van der Waals surface area contributed by atoms with Crippen LogP contribution in [-0.4, -0.2) is 56.6 Å². The Balaban J connectivity index is 1.38. The van der Waals surface area contributed by atoms with Gasteiger partial charge in [0.1, 0.15) is 0 Å². The van der Waals surface area contributed by atoms with Gasteiger partial charge < -0.3 is 9.80 Å². The highest BCUT2D eigenvalue weighted by Crippen LogP contribution is 2.22. The van der Waals surface area contributed by atoms with Gasteiger partial charge in [0, 0.05) is 37.9 Å². The number of aromatic nitrogens is 4. The summed E-state index contributed by atoms with van der Waals surface area (Å²) in [6.45, 7) is 4.79. The van der Waals surface area contributed by atoms with Crippen LogP contribution < -0.4 is 4.90 Å². The van der Waals surface area contributed by atoms with Gasteiger partial charge >= 0.3 is 0 Å². The van der Waals surface area contributed by atoms with Gasteiger partial charge in [-0.25, -0.2) is 4.98 Å². The molecule has 0 N–H and O–H groups in total. The lowest BCUT2D eigenvalue weighted by atomic mass is 10.1. The van der Waals surface area contributed by atoms with E-state index in [2.05, 4.69) is 40.0 Å². The SMILES string of the molecule is Cc1cccc(-c2ccnc3nc(N4CCN(C(=O)c5cccs5)CC4)nn23)c1. The van der Waals surface area contributed by atoms with Crippen molar-refractivity contribution in [1.29, 1.82) is 0 Å². The molecule has 0 spiro atoms. The highest BCUT2D eigenvalue weighted by Gasteiger charge is 2.25. The lowest BCUT2D eigenvalue weighted by Crippen LogP contribution is -2.49. The molecule has 0 unspecified atom stereocenters. The molecule has 1 fully saturated rings. The third-order valence-electron chi connectivity index (χ3n) is 5.13. The number of fused-ring (bicyclic) bond motifs is 1. The molecule has 1 aliphatic heterocycles. The van der Waals surface area contributed by atoms with E-state index in [0.717, 1.165) is 16.1 Å². The monoisotopic (exact) mass is 404 g/mol. The zero-order chi connectivity index (χ0) is 19.8. The summed E-state index contributed by atoms with van der Waals surface area (Å²) in [5.41, 5.74) is 3.24. The van der Waals surface area contributed by atoms with Crippen LogP contribution in [0.1, 0.15) is 15.2 Å². The van der Waals surface area contributed by atoms with Gasteiger partial charge in [0.05, 0.1) is 10.6 Å². The van der Waals surface area contributed by atoms with E-state index in [-0.39, 0.29) is 5.91 Å². The van der Waals surface area contributed by atoms with Crippen LogP contribution in [-0.2, 0) is 0 Å². The van der Waals surface area contributed by atoms with Crippen molar-refractivity contribution in [1.82, 2.24) is 24.5 Å². The van der Waals surface area contributed by atoms with Crippen LogP contribution in [0, 0.1) is 6.92 Å². The van der Waals surface area contributed by atoms with Crippen molar-refractivity contribution >= 4 is 29.0 Å². The summed E-state index contributed by atoms with van der Waals surface area (Å²) < 4.78 is 1.80. The minimum Gasteiger partial charge on any atom is -0.336 e. The maximum atomic E-state index is 12.5. The van der Waals surface area contributed by atoms with E-state index in [1.165, 1.54) is 16.9 Å². The first-order chi connectivity index (χ1) is 14.2. The summed E-state index contributed by atoms with van der Waals surface area (Å²) in [6.07, 6.45) is 1.77. The van der Waals surface area contributed by atoms with E-state index in [4.69, 9.17) is 5.10 Å². The first kappa shape index (κ1) is 17.8. The second-order valence-corrected chi connectivity index (χ2v) is 8.03. The lowest BCUT2D eigenvalue weighted by Gasteiger charge is -2.33. The molecule has 0 aliphatic carbocycles. The first-order valence-electron chi connectivity index (χ1n) is 9.55. The molecule has 8 heteroatoms. The first-order valence-corrected chi connectivity index (χ1v) is 10.4. The number of hydrogen-bond acceptors (Lipinski definition) is 6. The summed E-state index contributed by atoms with van der Waals surface area (Å²) in [5.74, 6) is 1.34. The molecule has 0 bridgehead atoms. The molecular formula is C21H20N6OS. The predicted octanol–water partition coefficient (Wildman–Crippen LogP) is 3.12. The zero-order valence-electron chi connectivity index (χ0n) is 16.0. The Hall–Kier alpha value is -3.26. The number of piperazine rings is 1. The third kappa shape index (κ3) is 3.36. The number of aryl methyl sites for hydroxylation is 1. The highest BCUT2D eigenvalue weighted by molar-refractivity contribution is 7.12. The highest BCUT2D eigenvalue weighted by atomic mass is 32.1. The Morgan fingerprint density at radius 1 is 1.07 bits per heavy atom. The fourth-order valence-electron chi connectivity index (χ4n) is 3.61. The van der Waals surface area contributed by atoms with Gasteiger partial charge in [0.15, 0.2) is 0 Å². The number of anilines is 1. The zero-order valence-corrected chi connectivity index (χ0v) is 16.8. The van der Waals surface area contributed by atoms with Gasteiger partial charge in [0.25, 0.3) is 11.7 Å². The van der Waals surface area contributed by atoms with Gasteiger partial charge in [-0.3, -0.25) is 4.79 Å². The molecule has 1 aliphatic rings. The molecule has 7 nitrogen and oxygen atoms in total. The number of rotatable bonds is 3. The van der Waals surface area contributed by atoms with Gasteiger partial charge in [-0.15, -0.1) is 16.4 Å². The second-order valence-electron chi connectivity index (χ2n) is 7.08. The van der Waals surface area contributed by atoms with Crippen LogP contribution in [0.25, 0.3) is 17.0 Å². The molecule has 3 aromatic heterocycles. The molecule has 1 saturated heterocycles. The smallest absolute Gasteiger partial charge is 0.264 e. The Morgan fingerprint density at radius 3 is 2.69 bits per heavy atom. The summed E-state index contributed by atoms with van der Waals surface area (Å²) in [4.78, 5) is 26.4. The van der Waals surface area contributed by atoms with Crippen LogP contribution >= 0.6 is 11.3 Å². The molecule has 4 heterocycles. The van der Waals surface area contributed by atoms with Crippen molar-refractivity contribution in [2.24, 2.45) is 0 Å². The maximum absolute atomic E-state index is 12.5. The number of nitrogens with zero attached hydrogens (tertiary/aromatic N) is 6. The van der Waals surface area contributed by atoms with Crippen molar-refractivity contribution in [2.75, 3.05) is 31.1 Å². The Kier molecular flexibility index (Phi) is 4.48. The summed E-state index contributed by atoms with van der Waals surface area (Å²) in [7, 11) is 0.